The fraction of sp³-hybridized carbons (Fsp3) is 0.417. The number of aryl methyl sites for hydroxylation is 1. The van der Waals surface area contributed by atoms with Crippen molar-refractivity contribution in [1.29, 1.82) is 0 Å². The Labute approximate surface area is 95.6 Å². The van der Waals surface area contributed by atoms with Crippen LogP contribution in [-0.4, -0.2) is 20.3 Å². The lowest BCUT2D eigenvalue weighted by atomic mass is 10.0. The molecule has 1 aromatic rings. The van der Waals surface area contributed by atoms with Crippen LogP contribution < -0.4 is 10.1 Å². The quantitative estimate of drug-likeness (QED) is 0.838. The van der Waals surface area contributed by atoms with E-state index in [0.717, 1.165) is 28.1 Å². The van der Waals surface area contributed by atoms with Crippen molar-refractivity contribution in [2.24, 2.45) is 0 Å². The van der Waals surface area contributed by atoms with Crippen molar-refractivity contribution in [3.05, 3.63) is 22.8 Å². The number of hydrogen-bond acceptors (Lipinski definition) is 3. The van der Waals surface area contributed by atoms with Crippen LogP contribution in [-0.2, 0) is 4.74 Å². The zero-order valence-corrected chi connectivity index (χ0v) is 10.3. The first kappa shape index (κ1) is 12.4. The minimum Gasteiger partial charge on any atom is -0.496 e. The van der Waals surface area contributed by atoms with Crippen LogP contribution in [0.1, 0.15) is 16.7 Å². The van der Waals surface area contributed by atoms with Gasteiger partial charge in [-0.2, -0.15) is 0 Å². The molecule has 1 amide bonds. The second kappa shape index (κ2) is 4.88. The molecule has 0 bridgehead atoms. The second-order valence-electron chi connectivity index (χ2n) is 3.64. The van der Waals surface area contributed by atoms with E-state index >= 15 is 0 Å². The lowest BCUT2D eigenvalue weighted by Crippen LogP contribution is -2.13. The highest BCUT2D eigenvalue weighted by atomic mass is 16.5. The van der Waals surface area contributed by atoms with Crippen LogP contribution in [0.2, 0.25) is 0 Å². The van der Waals surface area contributed by atoms with E-state index < -0.39 is 6.09 Å². The molecule has 0 fully saturated rings. The summed E-state index contributed by atoms with van der Waals surface area (Å²) in [5.41, 5.74) is 3.73. The van der Waals surface area contributed by atoms with Crippen LogP contribution in [0, 0.1) is 20.8 Å². The van der Waals surface area contributed by atoms with Gasteiger partial charge < -0.3 is 9.47 Å². The lowest BCUT2D eigenvalue weighted by molar-refractivity contribution is 0.187. The maximum Gasteiger partial charge on any atom is 0.411 e. The van der Waals surface area contributed by atoms with Crippen molar-refractivity contribution in [2.45, 2.75) is 20.8 Å². The molecule has 16 heavy (non-hydrogen) atoms. The molecule has 4 heteroatoms. The maximum absolute atomic E-state index is 11.2. The fourth-order valence-electron chi connectivity index (χ4n) is 1.60. The molecule has 1 rings (SSSR count). The largest absolute Gasteiger partial charge is 0.496 e. The summed E-state index contributed by atoms with van der Waals surface area (Å²) in [7, 11) is 2.98. The van der Waals surface area contributed by atoms with Crippen LogP contribution >= 0.6 is 0 Å². The molecular formula is C12H17NO3. The van der Waals surface area contributed by atoms with Crippen molar-refractivity contribution in [2.75, 3.05) is 19.5 Å². The molecule has 1 aromatic carbocycles. The summed E-state index contributed by atoms with van der Waals surface area (Å²) in [6.07, 6.45) is -0.462. The topological polar surface area (TPSA) is 47.6 Å². The highest BCUT2D eigenvalue weighted by Gasteiger charge is 2.12. The Morgan fingerprint density at radius 3 is 2.31 bits per heavy atom. The molecule has 0 radical (unpaired) electrons. The van der Waals surface area contributed by atoms with Gasteiger partial charge in [-0.25, -0.2) is 4.79 Å². The van der Waals surface area contributed by atoms with Crippen molar-refractivity contribution >= 4 is 11.8 Å². The van der Waals surface area contributed by atoms with E-state index in [1.165, 1.54) is 7.11 Å². The second-order valence-corrected chi connectivity index (χ2v) is 3.64. The Morgan fingerprint density at radius 1 is 1.19 bits per heavy atom. The first-order chi connectivity index (χ1) is 7.51. The number of carbonyl (C=O) groups excluding carboxylic acids is 1. The first-order valence-corrected chi connectivity index (χ1v) is 5.01. The van der Waals surface area contributed by atoms with Gasteiger partial charge in [0.05, 0.1) is 19.9 Å². The Bertz CT molecular complexity index is 413. The van der Waals surface area contributed by atoms with Crippen LogP contribution in [0.25, 0.3) is 0 Å². The molecular weight excluding hydrogens is 206 g/mol. The molecule has 1 N–H and O–H groups in total. The van der Waals surface area contributed by atoms with Gasteiger partial charge in [-0.3, -0.25) is 5.32 Å². The van der Waals surface area contributed by atoms with Gasteiger partial charge in [0, 0.05) is 0 Å². The third-order valence-corrected chi connectivity index (χ3v) is 2.68. The normalized spacial score (nSPS) is 9.81. The first-order valence-electron chi connectivity index (χ1n) is 5.01. The van der Waals surface area contributed by atoms with Gasteiger partial charge >= 0.3 is 6.09 Å². The van der Waals surface area contributed by atoms with Gasteiger partial charge in [-0.1, -0.05) is 0 Å². The minimum absolute atomic E-state index is 0.462. The summed E-state index contributed by atoms with van der Waals surface area (Å²) in [4.78, 5) is 11.2. The Hall–Kier alpha value is -1.71. The van der Waals surface area contributed by atoms with Crippen LogP contribution in [0.4, 0.5) is 10.5 Å². The average Bonchev–Trinajstić information content (AvgIpc) is 2.28. The fourth-order valence-corrected chi connectivity index (χ4v) is 1.60. The van der Waals surface area contributed by atoms with Gasteiger partial charge in [0.2, 0.25) is 0 Å². The summed E-state index contributed by atoms with van der Waals surface area (Å²) >= 11 is 0. The van der Waals surface area contributed by atoms with Gasteiger partial charge in [0.25, 0.3) is 0 Å². The number of rotatable bonds is 2. The summed E-state index contributed by atoms with van der Waals surface area (Å²) < 4.78 is 9.83. The molecule has 4 nitrogen and oxygen atoms in total. The van der Waals surface area contributed by atoms with E-state index in [4.69, 9.17) is 4.74 Å². The Morgan fingerprint density at radius 2 is 1.81 bits per heavy atom. The third-order valence-electron chi connectivity index (χ3n) is 2.68. The summed E-state index contributed by atoms with van der Waals surface area (Å²) in [5, 5.41) is 2.70. The molecule has 0 unspecified atom stereocenters. The van der Waals surface area contributed by atoms with E-state index in [0.29, 0.717) is 0 Å². The van der Waals surface area contributed by atoms with E-state index in [2.05, 4.69) is 10.1 Å². The van der Waals surface area contributed by atoms with Gasteiger partial charge in [-0.15, -0.1) is 0 Å². The minimum atomic E-state index is -0.462. The monoisotopic (exact) mass is 223 g/mol. The molecule has 0 aliphatic heterocycles. The van der Waals surface area contributed by atoms with Crippen LogP contribution in [0.5, 0.6) is 5.75 Å². The van der Waals surface area contributed by atoms with E-state index in [1.807, 2.05) is 26.8 Å². The van der Waals surface area contributed by atoms with Crippen molar-refractivity contribution < 1.29 is 14.3 Å². The molecule has 0 atom stereocenters. The molecule has 88 valence electrons. The van der Waals surface area contributed by atoms with Crippen molar-refractivity contribution in [3.8, 4) is 5.75 Å². The Balaban J connectivity index is 3.20. The highest BCUT2D eigenvalue weighted by molar-refractivity contribution is 5.87. The molecule has 0 aliphatic carbocycles. The highest BCUT2D eigenvalue weighted by Crippen LogP contribution is 2.31. The summed E-state index contributed by atoms with van der Waals surface area (Å²) in [6.45, 7) is 5.81. The zero-order valence-electron chi connectivity index (χ0n) is 10.3. The van der Waals surface area contributed by atoms with Crippen molar-refractivity contribution in [1.82, 2.24) is 0 Å². The SMILES string of the molecule is COC(=O)Nc1c(C)cc(OC)c(C)c1C. The number of anilines is 1. The van der Waals surface area contributed by atoms with E-state index in [1.54, 1.807) is 7.11 Å². The maximum atomic E-state index is 11.2. The lowest BCUT2D eigenvalue weighted by Gasteiger charge is -2.16. The Kier molecular flexibility index (Phi) is 3.77. The van der Waals surface area contributed by atoms with Crippen LogP contribution in [0.3, 0.4) is 0 Å². The summed E-state index contributed by atoms with van der Waals surface area (Å²) in [6, 6.07) is 1.90. The predicted molar refractivity (Wildman–Crippen MR) is 63.2 cm³/mol. The predicted octanol–water partition coefficient (Wildman–Crippen LogP) is 2.80. The van der Waals surface area contributed by atoms with E-state index in [-0.39, 0.29) is 0 Å². The number of nitrogens with one attached hydrogen (secondary N) is 1. The molecule has 0 saturated carbocycles. The molecule has 0 aliphatic rings. The number of methoxy groups -OCH3 is 2. The average molecular weight is 223 g/mol. The smallest absolute Gasteiger partial charge is 0.411 e. The number of benzene rings is 1. The number of amides is 1. The molecule has 0 spiro atoms. The standard InChI is InChI=1S/C12H17NO3/c1-7-6-10(15-4)8(2)9(3)11(7)13-12(14)16-5/h6H,1-5H3,(H,13,14). The van der Waals surface area contributed by atoms with Crippen molar-refractivity contribution in [3.63, 3.8) is 0 Å². The summed E-state index contributed by atoms with van der Waals surface area (Å²) in [5.74, 6) is 0.824. The van der Waals surface area contributed by atoms with Gasteiger partial charge in [-0.05, 0) is 43.5 Å². The van der Waals surface area contributed by atoms with Crippen LogP contribution in [0.15, 0.2) is 6.07 Å². The molecule has 0 aromatic heterocycles. The number of ether oxygens (including phenoxy) is 2. The van der Waals surface area contributed by atoms with E-state index in [9.17, 15) is 4.79 Å². The molecule has 0 saturated heterocycles. The number of hydrogen-bond donors (Lipinski definition) is 1. The van der Waals surface area contributed by atoms with Gasteiger partial charge in [0.15, 0.2) is 0 Å². The molecule has 0 heterocycles. The zero-order chi connectivity index (χ0) is 12.3. The number of carbonyl (C=O) groups is 1. The van der Waals surface area contributed by atoms with Gasteiger partial charge in [0.1, 0.15) is 5.75 Å². The third kappa shape index (κ3) is 2.27.